The molecule has 0 aliphatic heterocycles. The van der Waals surface area contributed by atoms with Crippen LogP contribution in [0.4, 0.5) is 5.82 Å². The van der Waals surface area contributed by atoms with Gasteiger partial charge in [0, 0.05) is 18.3 Å². The summed E-state index contributed by atoms with van der Waals surface area (Å²) >= 11 is 1.82. The highest BCUT2D eigenvalue weighted by atomic mass is 32.2. The molecule has 0 unspecified atom stereocenters. The summed E-state index contributed by atoms with van der Waals surface area (Å²) in [7, 11) is 0. The molecule has 1 heterocycles. The summed E-state index contributed by atoms with van der Waals surface area (Å²) in [6.07, 6.45) is 5.75. The highest BCUT2D eigenvalue weighted by Gasteiger charge is 2.04. The quantitative estimate of drug-likeness (QED) is 0.739. The van der Waals surface area contributed by atoms with Gasteiger partial charge >= 0.3 is 0 Å². The molecule has 0 saturated heterocycles. The van der Waals surface area contributed by atoms with Crippen LogP contribution in [0.3, 0.4) is 0 Å². The van der Waals surface area contributed by atoms with E-state index in [2.05, 4.69) is 16.6 Å². The SMILES string of the molecule is CSCCCCNC(=O)c1ccnc(N)c1. The van der Waals surface area contributed by atoms with Crippen molar-refractivity contribution in [2.45, 2.75) is 12.8 Å². The number of hydrogen-bond donors (Lipinski definition) is 2. The van der Waals surface area contributed by atoms with Crippen molar-refractivity contribution >= 4 is 23.5 Å². The molecule has 4 nitrogen and oxygen atoms in total. The lowest BCUT2D eigenvalue weighted by molar-refractivity contribution is 0.0953. The van der Waals surface area contributed by atoms with Crippen molar-refractivity contribution in [2.75, 3.05) is 24.3 Å². The van der Waals surface area contributed by atoms with E-state index in [1.165, 1.54) is 6.20 Å². The van der Waals surface area contributed by atoms with Crippen molar-refractivity contribution in [1.29, 1.82) is 0 Å². The Morgan fingerprint density at radius 1 is 1.56 bits per heavy atom. The predicted molar refractivity (Wildman–Crippen MR) is 68.6 cm³/mol. The lowest BCUT2D eigenvalue weighted by atomic mass is 10.2. The number of unbranched alkanes of at least 4 members (excludes halogenated alkanes) is 1. The molecule has 1 aromatic rings. The van der Waals surface area contributed by atoms with Gasteiger partial charge in [-0.3, -0.25) is 4.79 Å². The van der Waals surface area contributed by atoms with Crippen LogP contribution in [0.2, 0.25) is 0 Å². The van der Waals surface area contributed by atoms with E-state index in [9.17, 15) is 4.79 Å². The molecule has 0 aliphatic carbocycles. The van der Waals surface area contributed by atoms with Crippen molar-refractivity contribution in [3.63, 3.8) is 0 Å². The van der Waals surface area contributed by atoms with Gasteiger partial charge in [0.05, 0.1) is 0 Å². The summed E-state index contributed by atoms with van der Waals surface area (Å²) in [6, 6.07) is 3.24. The van der Waals surface area contributed by atoms with Crippen molar-refractivity contribution in [1.82, 2.24) is 10.3 Å². The maximum absolute atomic E-state index is 11.6. The molecule has 0 spiro atoms. The fourth-order valence-corrected chi connectivity index (χ4v) is 1.76. The molecular weight excluding hydrogens is 222 g/mol. The van der Waals surface area contributed by atoms with Crippen LogP contribution in [0.1, 0.15) is 23.2 Å². The first-order valence-electron chi connectivity index (χ1n) is 5.22. The van der Waals surface area contributed by atoms with Crippen LogP contribution in [0.25, 0.3) is 0 Å². The number of nitrogens with zero attached hydrogens (tertiary/aromatic N) is 1. The second-order valence-corrected chi connectivity index (χ2v) is 4.41. The summed E-state index contributed by atoms with van der Waals surface area (Å²) in [5.41, 5.74) is 6.06. The Morgan fingerprint density at radius 2 is 2.38 bits per heavy atom. The van der Waals surface area contributed by atoms with Gasteiger partial charge in [-0.2, -0.15) is 11.8 Å². The summed E-state index contributed by atoms with van der Waals surface area (Å²) in [4.78, 5) is 15.5. The van der Waals surface area contributed by atoms with E-state index < -0.39 is 0 Å². The summed E-state index contributed by atoms with van der Waals surface area (Å²) in [6.45, 7) is 0.710. The number of thioether (sulfide) groups is 1. The molecular formula is C11H17N3OS. The van der Waals surface area contributed by atoms with Crippen LogP contribution >= 0.6 is 11.8 Å². The zero-order valence-corrected chi connectivity index (χ0v) is 10.2. The highest BCUT2D eigenvalue weighted by Crippen LogP contribution is 2.03. The smallest absolute Gasteiger partial charge is 0.251 e. The average molecular weight is 239 g/mol. The molecule has 0 fully saturated rings. The van der Waals surface area contributed by atoms with Crippen molar-refractivity contribution in [3.05, 3.63) is 23.9 Å². The third-order valence-electron chi connectivity index (χ3n) is 2.10. The lowest BCUT2D eigenvalue weighted by Crippen LogP contribution is -2.24. The standard InChI is InChI=1S/C11H17N3OS/c1-16-7-3-2-5-14-11(15)9-4-6-13-10(12)8-9/h4,6,8H,2-3,5,7H2,1H3,(H2,12,13)(H,14,15). The Bertz CT molecular complexity index is 344. The molecule has 16 heavy (non-hydrogen) atoms. The van der Waals surface area contributed by atoms with Crippen LogP contribution in [-0.4, -0.2) is 29.4 Å². The first kappa shape index (κ1) is 12.8. The average Bonchev–Trinajstić information content (AvgIpc) is 2.28. The number of nitrogen functional groups attached to an aromatic ring is 1. The third kappa shape index (κ3) is 4.53. The van der Waals surface area contributed by atoms with Crippen LogP contribution < -0.4 is 11.1 Å². The Morgan fingerprint density at radius 3 is 3.06 bits per heavy atom. The largest absolute Gasteiger partial charge is 0.384 e. The maximum atomic E-state index is 11.6. The second kappa shape index (κ2) is 7.11. The molecule has 3 N–H and O–H groups in total. The van der Waals surface area contributed by atoms with Gasteiger partial charge in [-0.25, -0.2) is 4.98 Å². The molecule has 0 aromatic carbocycles. The number of nitrogens with one attached hydrogen (secondary N) is 1. The minimum absolute atomic E-state index is 0.0850. The molecule has 1 amide bonds. The Hall–Kier alpha value is -1.23. The number of aromatic nitrogens is 1. The number of anilines is 1. The molecule has 0 atom stereocenters. The van der Waals surface area contributed by atoms with Crippen molar-refractivity contribution in [2.24, 2.45) is 0 Å². The van der Waals surface area contributed by atoms with Crippen LogP contribution in [0, 0.1) is 0 Å². The predicted octanol–water partition coefficient (Wildman–Crippen LogP) is 1.54. The van der Waals surface area contributed by atoms with Gasteiger partial charge in [0.2, 0.25) is 0 Å². The van der Waals surface area contributed by atoms with E-state index in [0.717, 1.165) is 18.6 Å². The normalized spacial score (nSPS) is 10.1. The molecule has 1 rings (SSSR count). The molecule has 0 bridgehead atoms. The number of rotatable bonds is 6. The fourth-order valence-electron chi connectivity index (χ4n) is 1.26. The van der Waals surface area contributed by atoms with Gasteiger partial charge in [-0.15, -0.1) is 0 Å². The number of hydrogen-bond acceptors (Lipinski definition) is 4. The highest BCUT2D eigenvalue weighted by molar-refractivity contribution is 7.98. The summed E-state index contributed by atoms with van der Waals surface area (Å²) in [5, 5.41) is 2.85. The molecule has 1 aromatic heterocycles. The van der Waals surface area contributed by atoms with Gasteiger partial charge in [-0.05, 0) is 37.0 Å². The molecule has 0 saturated carbocycles. The lowest BCUT2D eigenvalue weighted by Gasteiger charge is -2.04. The first-order chi connectivity index (χ1) is 7.74. The minimum Gasteiger partial charge on any atom is -0.384 e. The summed E-state index contributed by atoms with van der Waals surface area (Å²) < 4.78 is 0. The fraction of sp³-hybridized carbons (Fsp3) is 0.455. The number of nitrogens with two attached hydrogens (primary N) is 1. The number of pyridine rings is 1. The zero-order chi connectivity index (χ0) is 11.8. The molecule has 5 heteroatoms. The van der Waals surface area contributed by atoms with Crippen molar-refractivity contribution < 1.29 is 4.79 Å². The number of carbonyl (C=O) groups is 1. The third-order valence-corrected chi connectivity index (χ3v) is 2.80. The van der Waals surface area contributed by atoms with E-state index in [1.54, 1.807) is 12.1 Å². The van der Waals surface area contributed by atoms with Gasteiger partial charge in [0.25, 0.3) is 5.91 Å². The van der Waals surface area contributed by atoms with Gasteiger partial charge in [0.15, 0.2) is 0 Å². The molecule has 0 radical (unpaired) electrons. The topological polar surface area (TPSA) is 68.0 Å². The Labute approximate surface area is 100 Å². The minimum atomic E-state index is -0.0850. The number of carbonyl (C=O) groups excluding carboxylic acids is 1. The Balaban J connectivity index is 2.30. The first-order valence-corrected chi connectivity index (χ1v) is 6.62. The molecule has 88 valence electrons. The zero-order valence-electron chi connectivity index (χ0n) is 9.40. The monoisotopic (exact) mass is 239 g/mol. The van der Waals surface area contributed by atoms with E-state index in [0.29, 0.717) is 17.9 Å². The van der Waals surface area contributed by atoms with Crippen LogP contribution in [0.15, 0.2) is 18.3 Å². The van der Waals surface area contributed by atoms with Gasteiger partial charge in [-0.1, -0.05) is 0 Å². The number of amides is 1. The van der Waals surface area contributed by atoms with Crippen LogP contribution in [0.5, 0.6) is 0 Å². The van der Waals surface area contributed by atoms with Gasteiger partial charge < -0.3 is 11.1 Å². The van der Waals surface area contributed by atoms with E-state index in [4.69, 9.17) is 5.73 Å². The van der Waals surface area contributed by atoms with E-state index in [-0.39, 0.29) is 5.91 Å². The maximum Gasteiger partial charge on any atom is 0.251 e. The Kier molecular flexibility index (Phi) is 5.71. The van der Waals surface area contributed by atoms with Crippen molar-refractivity contribution in [3.8, 4) is 0 Å². The van der Waals surface area contributed by atoms with E-state index >= 15 is 0 Å². The summed E-state index contributed by atoms with van der Waals surface area (Å²) in [5.74, 6) is 1.42. The second-order valence-electron chi connectivity index (χ2n) is 3.43. The van der Waals surface area contributed by atoms with Crippen LogP contribution in [-0.2, 0) is 0 Å². The molecule has 0 aliphatic rings. The van der Waals surface area contributed by atoms with Gasteiger partial charge in [0.1, 0.15) is 5.82 Å². The van der Waals surface area contributed by atoms with E-state index in [1.807, 2.05) is 11.8 Å².